The zero-order valence-corrected chi connectivity index (χ0v) is 4.65. The van der Waals surface area contributed by atoms with Crippen LogP contribution in [0.4, 0.5) is 0 Å². The summed E-state index contributed by atoms with van der Waals surface area (Å²) in [5.41, 5.74) is 3.41. The van der Waals surface area contributed by atoms with Crippen LogP contribution in [0.2, 0.25) is 0 Å². The van der Waals surface area contributed by atoms with Crippen molar-refractivity contribution in [3.8, 4) is 0 Å². The maximum absolute atomic E-state index is 4.94. The lowest BCUT2D eigenvalue weighted by molar-refractivity contribution is 0.897. The summed E-state index contributed by atoms with van der Waals surface area (Å²) < 4.78 is 0. The van der Waals surface area contributed by atoms with Gasteiger partial charge in [-0.1, -0.05) is 0 Å². The summed E-state index contributed by atoms with van der Waals surface area (Å²) in [5.74, 6) is 4.94. The Hall–Kier alpha value is -0.700. The molecule has 7 heavy (non-hydrogen) atoms. The molecule has 0 aliphatic heterocycles. The van der Waals surface area contributed by atoms with Crippen molar-refractivity contribution in [2.24, 2.45) is 5.84 Å². The maximum atomic E-state index is 4.94. The van der Waals surface area contributed by atoms with Crippen LogP contribution in [-0.2, 0) is 0 Å². The monoisotopic (exact) mass is 101 g/mol. The Kier molecular flexibility index (Phi) is 3.14. The summed E-state index contributed by atoms with van der Waals surface area (Å²) in [6.45, 7) is 1.92. The van der Waals surface area contributed by atoms with Gasteiger partial charge in [-0.05, 0) is 6.92 Å². The second-order valence-corrected chi connectivity index (χ2v) is 1.24. The number of allylic oxidation sites excluding steroid dienone is 1. The van der Waals surface area contributed by atoms with Crippen LogP contribution < -0.4 is 16.6 Å². The van der Waals surface area contributed by atoms with Crippen LogP contribution in [0.5, 0.6) is 0 Å². The molecule has 0 bridgehead atoms. The molecule has 0 heterocycles. The molecule has 0 amide bonds. The lowest BCUT2D eigenvalue weighted by Gasteiger charge is -1.95. The summed E-state index contributed by atoms with van der Waals surface area (Å²) >= 11 is 0. The van der Waals surface area contributed by atoms with Crippen molar-refractivity contribution in [3.05, 3.63) is 11.9 Å². The fourth-order valence-electron chi connectivity index (χ4n) is 0.197. The molecular formula is C4H11N3. The number of hydrogen-bond donors (Lipinski definition) is 3. The molecule has 3 nitrogen and oxygen atoms in total. The molecular weight excluding hydrogens is 90.1 g/mol. The van der Waals surface area contributed by atoms with Crippen molar-refractivity contribution < 1.29 is 0 Å². The first-order valence-electron chi connectivity index (χ1n) is 2.12. The zero-order chi connectivity index (χ0) is 5.70. The fraction of sp³-hybridized carbons (Fsp3) is 0.500. The molecule has 0 saturated carbocycles. The minimum atomic E-state index is 1.02. The van der Waals surface area contributed by atoms with E-state index < -0.39 is 0 Å². The molecule has 0 aliphatic carbocycles. The molecule has 0 unspecified atom stereocenters. The van der Waals surface area contributed by atoms with Gasteiger partial charge in [0, 0.05) is 18.9 Å². The number of hydrogen-bond acceptors (Lipinski definition) is 3. The highest BCUT2D eigenvalue weighted by atomic mass is 15.2. The van der Waals surface area contributed by atoms with Gasteiger partial charge in [0.15, 0.2) is 0 Å². The lowest BCUT2D eigenvalue weighted by atomic mass is 10.5. The van der Waals surface area contributed by atoms with Crippen LogP contribution in [-0.4, -0.2) is 7.05 Å². The molecule has 0 aromatic heterocycles. The van der Waals surface area contributed by atoms with Gasteiger partial charge in [0.25, 0.3) is 0 Å². The third-order valence-electron chi connectivity index (χ3n) is 0.694. The van der Waals surface area contributed by atoms with E-state index in [-0.39, 0.29) is 0 Å². The highest BCUT2D eigenvalue weighted by Crippen LogP contribution is 1.75. The first kappa shape index (κ1) is 6.30. The molecule has 0 aliphatic rings. The second-order valence-electron chi connectivity index (χ2n) is 1.24. The zero-order valence-electron chi connectivity index (χ0n) is 4.65. The SMILES string of the molecule is CN/C(C)=C\NN. The average Bonchev–Trinajstić information content (AvgIpc) is 1.68. The molecule has 0 rings (SSSR count). The molecule has 0 saturated heterocycles. The van der Waals surface area contributed by atoms with Crippen molar-refractivity contribution in [2.45, 2.75) is 6.92 Å². The number of nitrogens with two attached hydrogens (primary N) is 1. The van der Waals surface area contributed by atoms with E-state index in [2.05, 4.69) is 10.7 Å². The van der Waals surface area contributed by atoms with Gasteiger partial charge in [0.1, 0.15) is 0 Å². The standard InChI is InChI=1S/C4H11N3/c1-4(6-2)3-7-5/h3,6-7H,5H2,1-2H3/b4-3-. The number of rotatable bonds is 2. The van der Waals surface area contributed by atoms with Crippen molar-refractivity contribution in [2.75, 3.05) is 7.05 Å². The molecule has 0 radical (unpaired) electrons. The molecule has 3 heteroatoms. The number of nitrogens with one attached hydrogen (secondary N) is 2. The molecule has 0 fully saturated rings. The average molecular weight is 101 g/mol. The molecule has 0 atom stereocenters. The summed E-state index contributed by atoms with van der Waals surface area (Å²) in [7, 11) is 1.84. The fourth-order valence-corrected chi connectivity index (χ4v) is 0.197. The molecule has 0 spiro atoms. The molecule has 42 valence electrons. The highest BCUT2D eigenvalue weighted by Gasteiger charge is 1.73. The maximum Gasteiger partial charge on any atom is 0.0309 e. The van der Waals surface area contributed by atoms with E-state index in [4.69, 9.17) is 5.84 Å². The predicted octanol–water partition coefficient (Wildman–Crippen LogP) is -0.470. The smallest absolute Gasteiger partial charge is 0.0309 e. The van der Waals surface area contributed by atoms with E-state index in [0.29, 0.717) is 0 Å². The Balaban J connectivity index is 3.29. The van der Waals surface area contributed by atoms with Crippen LogP contribution in [0.1, 0.15) is 6.92 Å². The van der Waals surface area contributed by atoms with Crippen LogP contribution in [0.15, 0.2) is 11.9 Å². The Morgan fingerprint density at radius 3 is 2.43 bits per heavy atom. The van der Waals surface area contributed by atoms with Gasteiger partial charge in [-0.3, -0.25) is 5.84 Å². The highest BCUT2D eigenvalue weighted by molar-refractivity contribution is 4.90. The van der Waals surface area contributed by atoms with Crippen LogP contribution in [0.3, 0.4) is 0 Å². The van der Waals surface area contributed by atoms with Gasteiger partial charge in [-0.15, -0.1) is 0 Å². The molecule has 0 aromatic carbocycles. The first-order valence-corrected chi connectivity index (χ1v) is 2.12. The van der Waals surface area contributed by atoms with Gasteiger partial charge in [0.05, 0.1) is 0 Å². The second kappa shape index (κ2) is 3.49. The Labute approximate surface area is 43.6 Å². The van der Waals surface area contributed by atoms with Crippen molar-refractivity contribution in [1.29, 1.82) is 0 Å². The van der Waals surface area contributed by atoms with E-state index in [1.807, 2.05) is 14.0 Å². The van der Waals surface area contributed by atoms with Gasteiger partial charge < -0.3 is 10.7 Å². The summed E-state index contributed by atoms with van der Waals surface area (Å²) in [6.07, 6.45) is 1.68. The summed E-state index contributed by atoms with van der Waals surface area (Å²) in [4.78, 5) is 0. The van der Waals surface area contributed by atoms with Crippen molar-refractivity contribution in [1.82, 2.24) is 10.7 Å². The summed E-state index contributed by atoms with van der Waals surface area (Å²) in [5, 5.41) is 2.88. The van der Waals surface area contributed by atoms with E-state index in [1.54, 1.807) is 6.20 Å². The van der Waals surface area contributed by atoms with Crippen LogP contribution in [0.25, 0.3) is 0 Å². The van der Waals surface area contributed by atoms with Crippen LogP contribution in [0, 0.1) is 0 Å². The van der Waals surface area contributed by atoms with Crippen molar-refractivity contribution in [3.63, 3.8) is 0 Å². The Bertz CT molecular complexity index is 67.3. The first-order chi connectivity index (χ1) is 3.31. The van der Waals surface area contributed by atoms with E-state index >= 15 is 0 Å². The minimum absolute atomic E-state index is 1.02. The third-order valence-corrected chi connectivity index (χ3v) is 0.694. The van der Waals surface area contributed by atoms with E-state index in [0.717, 1.165) is 5.70 Å². The Morgan fingerprint density at radius 1 is 1.71 bits per heavy atom. The number of hydrazine groups is 1. The van der Waals surface area contributed by atoms with Gasteiger partial charge in [-0.2, -0.15) is 0 Å². The summed E-state index contributed by atoms with van der Waals surface area (Å²) in [6, 6.07) is 0. The minimum Gasteiger partial charge on any atom is -0.390 e. The van der Waals surface area contributed by atoms with E-state index in [1.165, 1.54) is 0 Å². The van der Waals surface area contributed by atoms with Gasteiger partial charge in [0.2, 0.25) is 0 Å². The van der Waals surface area contributed by atoms with Gasteiger partial charge in [-0.25, -0.2) is 0 Å². The van der Waals surface area contributed by atoms with Gasteiger partial charge >= 0.3 is 0 Å². The largest absolute Gasteiger partial charge is 0.390 e. The topological polar surface area (TPSA) is 50.1 Å². The Morgan fingerprint density at radius 2 is 2.29 bits per heavy atom. The predicted molar refractivity (Wildman–Crippen MR) is 30.1 cm³/mol. The van der Waals surface area contributed by atoms with Crippen molar-refractivity contribution >= 4 is 0 Å². The van der Waals surface area contributed by atoms with E-state index in [9.17, 15) is 0 Å². The normalized spacial score (nSPS) is 11.0. The quantitative estimate of drug-likeness (QED) is 0.325. The molecule has 4 N–H and O–H groups in total. The van der Waals surface area contributed by atoms with Crippen LogP contribution >= 0.6 is 0 Å². The third kappa shape index (κ3) is 3.12. The lowest BCUT2D eigenvalue weighted by Crippen LogP contribution is -2.16. The molecule has 0 aromatic rings.